The Balaban J connectivity index is 2.16. The number of phenolic OH excluding ortho intramolecular Hbond substituents is 1. The number of hydrogen-bond donors (Lipinski definition) is 1. The average Bonchev–Trinajstić information content (AvgIpc) is 2.84. The third-order valence-corrected chi connectivity index (χ3v) is 4.48. The molecule has 21 heavy (non-hydrogen) atoms. The normalized spacial score (nSPS) is 29.0. The van der Waals surface area contributed by atoms with Gasteiger partial charge in [-0.05, 0) is 31.4 Å². The van der Waals surface area contributed by atoms with E-state index in [1.807, 2.05) is 0 Å². The second kappa shape index (κ2) is 4.58. The lowest BCUT2D eigenvalue weighted by atomic mass is 9.74. The Bertz CT molecular complexity index is 599. The van der Waals surface area contributed by atoms with Gasteiger partial charge in [-0.2, -0.15) is 13.2 Å². The number of phenols is 1. The molecular formula is C15H13F3O3. The zero-order valence-electron chi connectivity index (χ0n) is 11.0. The zero-order chi connectivity index (χ0) is 15.4. The number of Topliss-reactive ketones (excluding diaryl/α,β-unsaturated/α-hetero) is 2. The van der Waals surface area contributed by atoms with Gasteiger partial charge in [0.15, 0.2) is 11.6 Å². The van der Waals surface area contributed by atoms with Crippen LogP contribution in [-0.4, -0.2) is 16.7 Å². The lowest BCUT2D eigenvalue weighted by Gasteiger charge is -2.28. The number of benzene rings is 1. The van der Waals surface area contributed by atoms with Crippen molar-refractivity contribution >= 4 is 11.6 Å². The quantitative estimate of drug-likeness (QED) is 0.811. The van der Waals surface area contributed by atoms with Gasteiger partial charge < -0.3 is 5.11 Å². The van der Waals surface area contributed by atoms with Crippen LogP contribution in [0.2, 0.25) is 0 Å². The lowest BCUT2D eigenvalue weighted by molar-refractivity contribution is -0.140. The van der Waals surface area contributed by atoms with Crippen molar-refractivity contribution in [3.05, 3.63) is 29.3 Å². The van der Waals surface area contributed by atoms with Crippen LogP contribution in [0.3, 0.4) is 0 Å². The maximum absolute atomic E-state index is 13.1. The largest absolute Gasteiger partial charge is 0.508 e. The summed E-state index contributed by atoms with van der Waals surface area (Å²) < 4.78 is 39.3. The van der Waals surface area contributed by atoms with Crippen molar-refractivity contribution in [2.24, 2.45) is 11.8 Å². The van der Waals surface area contributed by atoms with Crippen molar-refractivity contribution in [2.75, 3.05) is 0 Å². The Morgan fingerprint density at radius 1 is 1.05 bits per heavy atom. The van der Waals surface area contributed by atoms with Crippen LogP contribution in [0.25, 0.3) is 0 Å². The third kappa shape index (κ3) is 2.13. The van der Waals surface area contributed by atoms with Crippen LogP contribution in [0, 0.1) is 11.8 Å². The fourth-order valence-electron chi connectivity index (χ4n) is 3.50. The van der Waals surface area contributed by atoms with Gasteiger partial charge in [0.05, 0.1) is 5.56 Å². The van der Waals surface area contributed by atoms with E-state index >= 15 is 0 Å². The van der Waals surface area contributed by atoms with E-state index in [2.05, 4.69) is 0 Å². The van der Waals surface area contributed by atoms with Crippen LogP contribution < -0.4 is 0 Å². The summed E-state index contributed by atoms with van der Waals surface area (Å²) in [6, 6.07) is 2.95. The molecule has 2 bridgehead atoms. The summed E-state index contributed by atoms with van der Waals surface area (Å²) >= 11 is 0. The van der Waals surface area contributed by atoms with Crippen molar-refractivity contribution < 1.29 is 27.9 Å². The highest BCUT2D eigenvalue weighted by molar-refractivity contribution is 6.12. The van der Waals surface area contributed by atoms with Crippen molar-refractivity contribution in [3.63, 3.8) is 0 Å². The van der Waals surface area contributed by atoms with Crippen LogP contribution in [0.4, 0.5) is 13.2 Å². The number of rotatable bonds is 1. The van der Waals surface area contributed by atoms with Gasteiger partial charge >= 0.3 is 6.18 Å². The van der Waals surface area contributed by atoms with E-state index in [4.69, 9.17) is 0 Å². The van der Waals surface area contributed by atoms with Crippen molar-refractivity contribution in [3.8, 4) is 5.75 Å². The predicted molar refractivity (Wildman–Crippen MR) is 66.7 cm³/mol. The maximum Gasteiger partial charge on any atom is 0.416 e. The van der Waals surface area contributed by atoms with Gasteiger partial charge in [0.1, 0.15) is 11.7 Å². The third-order valence-electron chi connectivity index (χ3n) is 4.48. The first kappa shape index (κ1) is 14.1. The average molecular weight is 298 g/mol. The SMILES string of the molecule is O=C1C2CCC(C2)C(=O)C1c1c(O)cccc1C(F)(F)F. The zero-order valence-corrected chi connectivity index (χ0v) is 11.0. The number of fused-ring (bicyclic) bond motifs is 2. The van der Waals surface area contributed by atoms with Crippen LogP contribution >= 0.6 is 0 Å². The smallest absolute Gasteiger partial charge is 0.416 e. The minimum Gasteiger partial charge on any atom is -0.508 e. The summed E-state index contributed by atoms with van der Waals surface area (Å²) in [4.78, 5) is 24.7. The minimum atomic E-state index is -4.72. The molecule has 2 aliphatic carbocycles. The van der Waals surface area contributed by atoms with Crippen molar-refractivity contribution in [1.29, 1.82) is 0 Å². The van der Waals surface area contributed by atoms with Gasteiger partial charge in [-0.15, -0.1) is 0 Å². The summed E-state index contributed by atoms with van der Waals surface area (Å²) in [7, 11) is 0. The molecule has 6 heteroatoms. The Kier molecular flexibility index (Phi) is 3.07. The van der Waals surface area contributed by atoms with Crippen molar-refractivity contribution in [1.82, 2.24) is 0 Å². The summed E-state index contributed by atoms with van der Waals surface area (Å²) in [6.07, 6.45) is -3.20. The number of carbonyl (C=O) groups excluding carboxylic acids is 2. The molecule has 0 heterocycles. The van der Waals surface area contributed by atoms with E-state index in [-0.39, 0.29) is 11.8 Å². The van der Waals surface area contributed by atoms with E-state index in [1.54, 1.807) is 0 Å². The molecule has 2 aliphatic rings. The molecule has 2 atom stereocenters. The van der Waals surface area contributed by atoms with Gasteiger partial charge in [0.2, 0.25) is 0 Å². The van der Waals surface area contributed by atoms with Gasteiger partial charge in [0, 0.05) is 17.4 Å². The van der Waals surface area contributed by atoms with Gasteiger partial charge in [-0.1, -0.05) is 6.07 Å². The molecule has 0 aromatic heterocycles. The highest BCUT2D eigenvalue weighted by Crippen LogP contribution is 2.48. The summed E-state index contributed by atoms with van der Waals surface area (Å²) in [5.74, 6) is -3.81. The van der Waals surface area contributed by atoms with Crippen molar-refractivity contribution in [2.45, 2.75) is 31.4 Å². The molecule has 1 N–H and O–H groups in total. The number of ketones is 2. The summed E-state index contributed by atoms with van der Waals surface area (Å²) in [6.45, 7) is 0. The number of carbonyl (C=O) groups is 2. The molecule has 0 radical (unpaired) electrons. The number of aromatic hydroxyl groups is 1. The van der Waals surface area contributed by atoms with E-state index in [0.29, 0.717) is 19.3 Å². The lowest BCUT2D eigenvalue weighted by Crippen LogP contribution is -2.36. The van der Waals surface area contributed by atoms with Crippen LogP contribution in [0.1, 0.15) is 36.3 Å². The monoisotopic (exact) mass is 298 g/mol. The molecule has 1 aromatic rings. The standard InChI is InChI=1S/C15H13F3O3/c16-15(17,18)9-2-1-3-10(19)11(9)12-13(20)7-4-5-8(6-7)14(12)21/h1-3,7-8,12,19H,4-6H2. The topological polar surface area (TPSA) is 54.4 Å². The number of halogens is 3. The molecule has 0 spiro atoms. The molecule has 3 rings (SSSR count). The first-order valence-corrected chi connectivity index (χ1v) is 6.77. The van der Waals surface area contributed by atoms with E-state index < -0.39 is 40.5 Å². The van der Waals surface area contributed by atoms with Gasteiger partial charge in [0.25, 0.3) is 0 Å². The number of hydrogen-bond acceptors (Lipinski definition) is 3. The van der Waals surface area contributed by atoms with E-state index in [1.165, 1.54) is 0 Å². The number of alkyl halides is 3. The molecule has 0 aliphatic heterocycles. The molecule has 0 amide bonds. The fourth-order valence-corrected chi connectivity index (χ4v) is 3.50. The Morgan fingerprint density at radius 3 is 2.14 bits per heavy atom. The van der Waals surface area contributed by atoms with Crippen LogP contribution in [-0.2, 0) is 15.8 Å². The van der Waals surface area contributed by atoms with Crippen LogP contribution in [0.5, 0.6) is 5.75 Å². The maximum atomic E-state index is 13.1. The van der Waals surface area contributed by atoms with E-state index in [0.717, 1.165) is 18.2 Å². The summed E-state index contributed by atoms with van der Waals surface area (Å²) in [5.41, 5.74) is -1.67. The van der Waals surface area contributed by atoms with Gasteiger partial charge in [-0.25, -0.2) is 0 Å². The molecular weight excluding hydrogens is 285 g/mol. The second-order valence-corrected chi connectivity index (χ2v) is 5.68. The Morgan fingerprint density at radius 2 is 1.62 bits per heavy atom. The molecule has 2 saturated carbocycles. The van der Waals surface area contributed by atoms with Crippen LogP contribution in [0.15, 0.2) is 18.2 Å². The minimum absolute atomic E-state index is 0.363. The summed E-state index contributed by atoms with van der Waals surface area (Å²) in [5, 5.41) is 9.83. The molecule has 2 unspecified atom stereocenters. The molecule has 112 valence electrons. The highest BCUT2D eigenvalue weighted by Gasteiger charge is 2.50. The Hall–Kier alpha value is -1.85. The first-order valence-electron chi connectivity index (χ1n) is 6.77. The molecule has 0 saturated heterocycles. The Labute approximate surface area is 118 Å². The van der Waals surface area contributed by atoms with Gasteiger partial charge in [-0.3, -0.25) is 9.59 Å². The second-order valence-electron chi connectivity index (χ2n) is 5.68. The first-order chi connectivity index (χ1) is 9.80. The molecule has 3 nitrogen and oxygen atoms in total. The molecule has 2 fully saturated rings. The highest BCUT2D eigenvalue weighted by atomic mass is 19.4. The fraction of sp³-hybridized carbons (Fsp3) is 0.467. The van der Waals surface area contributed by atoms with E-state index in [9.17, 15) is 27.9 Å². The predicted octanol–water partition coefficient (Wildman–Crippen LogP) is 3.06. The molecule has 1 aromatic carbocycles.